The van der Waals surface area contributed by atoms with Crippen molar-refractivity contribution in [3.63, 3.8) is 0 Å². The second kappa shape index (κ2) is 5.73. The van der Waals surface area contributed by atoms with Crippen molar-refractivity contribution in [1.82, 2.24) is 15.1 Å². The molecule has 2 heterocycles. The summed E-state index contributed by atoms with van der Waals surface area (Å²) in [7, 11) is 0. The van der Waals surface area contributed by atoms with Gasteiger partial charge in [0.25, 0.3) is 0 Å². The predicted octanol–water partition coefficient (Wildman–Crippen LogP) is -0.270. The van der Waals surface area contributed by atoms with Gasteiger partial charge in [0.05, 0.1) is 6.04 Å². The first kappa shape index (κ1) is 12.7. The highest BCUT2D eigenvalue weighted by Gasteiger charge is 2.28. The van der Waals surface area contributed by atoms with E-state index in [2.05, 4.69) is 5.32 Å². The lowest BCUT2D eigenvalue weighted by Gasteiger charge is -2.24. The lowest BCUT2D eigenvalue weighted by molar-refractivity contribution is -0.133. The quantitative estimate of drug-likeness (QED) is 0.702. The van der Waals surface area contributed by atoms with Gasteiger partial charge in [0.2, 0.25) is 11.8 Å². The van der Waals surface area contributed by atoms with Crippen molar-refractivity contribution < 1.29 is 9.59 Å². The van der Waals surface area contributed by atoms with Gasteiger partial charge in [-0.15, -0.1) is 11.8 Å². The van der Waals surface area contributed by atoms with Crippen molar-refractivity contribution in [3.8, 4) is 0 Å². The predicted molar refractivity (Wildman–Crippen MR) is 67.7 cm³/mol. The zero-order chi connectivity index (χ0) is 12.3. The van der Waals surface area contributed by atoms with Gasteiger partial charge >= 0.3 is 0 Å². The average molecular weight is 257 g/mol. The van der Waals surface area contributed by atoms with Crippen LogP contribution in [-0.2, 0) is 9.59 Å². The van der Waals surface area contributed by atoms with Gasteiger partial charge in [-0.3, -0.25) is 14.9 Å². The highest BCUT2D eigenvalue weighted by molar-refractivity contribution is 7.99. The molecule has 0 radical (unpaired) electrons. The summed E-state index contributed by atoms with van der Waals surface area (Å²) < 4.78 is 0. The van der Waals surface area contributed by atoms with Crippen LogP contribution in [0.1, 0.15) is 13.3 Å². The van der Waals surface area contributed by atoms with E-state index in [0.717, 1.165) is 31.1 Å². The zero-order valence-electron chi connectivity index (χ0n) is 10.1. The fourth-order valence-corrected chi connectivity index (χ4v) is 3.16. The van der Waals surface area contributed by atoms with Gasteiger partial charge in [-0.1, -0.05) is 0 Å². The Kier molecular flexibility index (Phi) is 4.28. The zero-order valence-corrected chi connectivity index (χ0v) is 11.0. The number of nitrogens with zero attached hydrogens (tertiary/aromatic N) is 2. The van der Waals surface area contributed by atoms with Crippen LogP contribution in [0.3, 0.4) is 0 Å². The molecule has 0 aromatic rings. The standard InChI is InChI=1S/C11H19N3O2S/c1-9(15)13-3-2-4-14(6-5-13)11(16)10-7-17-8-12-10/h10,12H,2-8H2,1H3/t10-/m1/s1. The summed E-state index contributed by atoms with van der Waals surface area (Å²) in [6.07, 6.45) is 0.880. The van der Waals surface area contributed by atoms with Gasteiger partial charge in [-0.05, 0) is 6.42 Å². The molecule has 5 nitrogen and oxygen atoms in total. The van der Waals surface area contributed by atoms with E-state index in [9.17, 15) is 9.59 Å². The molecule has 6 heteroatoms. The summed E-state index contributed by atoms with van der Waals surface area (Å²) in [6, 6.07) is -0.0242. The molecule has 2 saturated heterocycles. The number of thioether (sulfide) groups is 1. The molecule has 2 aliphatic rings. The number of hydrogen-bond donors (Lipinski definition) is 1. The first-order valence-corrected chi connectivity index (χ1v) is 7.19. The third-order valence-corrected chi connectivity index (χ3v) is 4.21. The number of hydrogen-bond acceptors (Lipinski definition) is 4. The Hall–Kier alpha value is -0.750. The van der Waals surface area contributed by atoms with Crippen LogP contribution >= 0.6 is 11.8 Å². The second-order valence-corrected chi connectivity index (χ2v) is 5.49. The van der Waals surface area contributed by atoms with Crippen LogP contribution in [-0.4, -0.2) is 65.5 Å². The SMILES string of the molecule is CC(=O)N1CCCN(C(=O)[C@H]2CSCN2)CC1. The van der Waals surface area contributed by atoms with Crippen LogP contribution in [0.4, 0.5) is 0 Å². The van der Waals surface area contributed by atoms with Crippen molar-refractivity contribution in [2.45, 2.75) is 19.4 Å². The Balaban J connectivity index is 1.89. The number of amides is 2. The van der Waals surface area contributed by atoms with Gasteiger partial charge in [-0.25, -0.2) is 0 Å². The maximum atomic E-state index is 12.2. The van der Waals surface area contributed by atoms with E-state index in [1.165, 1.54) is 0 Å². The normalized spacial score (nSPS) is 25.8. The van der Waals surface area contributed by atoms with Crippen LogP contribution in [0.5, 0.6) is 0 Å². The smallest absolute Gasteiger partial charge is 0.240 e. The Labute approximate surface area is 106 Å². The molecule has 2 amide bonds. The van der Waals surface area contributed by atoms with E-state index in [1.54, 1.807) is 18.7 Å². The number of carbonyl (C=O) groups excluding carboxylic acids is 2. The van der Waals surface area contributed by atoms with Crippen LogP contribution in [0.15, 0.2) is 0 Å². The molecule has 2 aliphatic heterocycles. The topological polar surface area (TPSA) is 52.7 Å². The van der Waals surface area contributed by atoms with E-state index >= 15 is 0 Å². The number of carbonyl (C=O) groups is 2. The molecular weight excluding hydrogens is 238 g/mol. The molecule has 2 fully saturated rings. The van der Waals surface area contributed by atoms with E-state index in [-0.39, 0.29) is 17.9 Å². The Morgan fingerprint density at radius 1 is 1.18 bits per heavy atom. The average Bonchev–Trinajstić information content (AvgIpc) is 2.71. The summed E-state index contributed by atoms with van der Waals surface area (Å²) in [5.74, 6) is 2.03. The molecule has 2 rings (SSSR count). The minimum atomic E-state index is -0.0242. The molecule has 0 unspecified atom stereocenters. The summed E-state index contributed by atoms with van der Waals surface area (Å²) in [6.45, 7) is 4.46. The van der Waals surface area contributed by atoms with Crippen molar-refractivity contribution in [2.75, 3.05) is 37.8 Å². The molecule has 1 N–H and O–H groups in total. The molecule has 0 saturated carbocycles. The maximum absolute atomic E-state index is 12.2. The van der Waals surface area contributed by atoms with Crippen molar-refractivity contribution >= 4 is 23.6 Å². The van der Waals surface area contributed by atoms with E-state index < -0.39 is 0 Å². The minimum Gasteiger partial charge on any atom is -0.341 e. The molecule has 1 atom stereocenters. The van der Waals surface area contributed by atoms with Crippen LogP contribution in [0.25, 0.3) is 0 Å². The fraction of sp³-hybridized carbons (Fsp3) is 0.818. The first-order chi connectivity index (χ1) is 8.18. The summed E-state index contributed by atoms with van der Waals surface area (Å²) in [5.41, 5.74) is 0. The lowest BCUT2D eigenvalue weighted by atomic mass is 10.2. The summed E-state index contributed by atoms with van der Waals surface area (Å²) in [5, 5.41) is 3.20. The van der Waals surface area contributed by atoms with Gasteiger partial charge in [-0.2, -0.15) is 0 Å². The lowest BCUT2D eigenvalue weighted by Crippen LogP contribution is -2.46. The molecular formula is C11H19N3O2S. The molecule has 0 aromatic heterocycles. The van der Waals surface area contributed by atoms with Crippen molar-refractivity contribution in [1.29, 1.82) is 0 Å². The highest BCUT2D eigenvalue weighted by atomic mass is 32.2. The van der Waals surface area contributed by atoms with Crippen molar-refractivity contribution in [3.05, 3.63) is 0 Å². The molecule has 0 bridgehead atoms. The maximum Gasteiger partial charge on any atom is 0.240 e. The monoisotopic (exact) mass is 257 g/mol. The third kappa shape index (κ3) is 3.13. The highest BCUT2D eigenvalue weighted by Crippen LogP contribution is 2.13. The first-order valence-electron chi connectivity index (χ1n) is 6.04. The Morgan fingerprint density at radius 2 is 1.88 bits per heavy atom. The summed E-state index contributed by atoms with van der Waals surface area (Å²) in [4.78, 5) is 27.2. The van der Waals surface area contributed by atoms with Gasteiger partial charge in [0.1, 0.15) is 0 Å². The van der Waals surface area contributed by atoms with Gasteiger partial charge in [0, 0.05) is 44.7 Å². The molecule has 0 aromatic carbocycles. The molecule has 96 valence electrons. The van der Waals surface area contributed by atoms with Crippen LogP contribution < -0.4 is 5.32 Å². The third-order valence-electron chi connectivity index (χ3n) is 3.27. The summed E-state index contributed by atoms with van der Waals surface area (Å²) >= 11 is 1.76. The van der Waals surface area contributed by atoms with E-state index in [4.69, 9.17) is 0 Å². The van der Waals surface area contributed by atoms with E-state index in [0.29, 0.717) is 13.1 Å². The largest absolute Gasteiger partial charge is 0.341 e. The second-order valence-electron chi connectivity index (χ2n) is 4.46. The van der Waals surface area contributed by atoms with E-state index in [1.807, 2.05) is 9.80 Å². The molecule has 0 spiro atoms. The minimum absolute atomic E-state index is 0.0242. The molecule has 17 heavy (non-hydrogen) atoms. The number of nitrogens with one attached hydrogen (secondary N) is 1. The molecule has 0 aliphatic carbocycles. The fourth-order valence-electron chi connectivity index (χ4n) is 2.23. The van der Waals surface area contributed by atoms with Crippen LogP contribution in [0, 0.1) is 0 Å². The Bertz CT molecular complexity index is 305. The van der Waals surface area contributed by atoms with Gasteiger partial charge < -0.3 is 9.80 Å². The van der Waals surface area contributed by atoms with Crippen molar-refractivity contribution in [2.24, 2.45) is 0 Å². The Morgan fingerprint density at radius 3 is 2.53 bits per heavy atom. The van der Waals surface area contributed by atoms with Crippen LogP contribution in [0.2, 0.25) is 0 Å². The van der Waals surface area contributed by atoms with Gasteiger partial charge in [0.15, 0.2) is 0 Å². The number of rotatable bonds is 1.